The quantitative estimate of drug-likeness (QED) is 0.864. The summed E-state index contributed by atoms with van der Waals surface area (Å²) in [6, 6.07) is 6.96. The van der Waals surface area contributed by atoms with Gasteiger partial charge in [-0.15, -0.1) is 0 Å². The van der Waals surface area contributed by atoms with Crippen LogP contribution in [0.5, 0.6) is 0 Å². The Kier molecular flexibility index (Phi) is 3.93. The number of aromatic carboxylic acids is 1. The van der Waals surface area contributed by atoms with Crippen molar-refractivity contribution in [2.45, 2.75) is 33.1 Å². The molecule has 1 N–H and O–H groups in total. The lowest BCUT2D eigenvalue weighted by Crippen LogP contribution is -2.13. The zero-order chi connectivity index (χ0) is 14.9. The lowest BCUT2D eigenvalue weighted by atomic mass is 9.87. The highest BCUT2D eigenvalue weighted by Gasteiger charge is 2.16. The normalized spacial score (nSPS) is 14.2. The van der Waals surface area contributed by atoms with Gasteiger partial charge in [-0.3, -0.25) is 0 Å². The molecule has 20 heavy (non-hydrogen) atoms. The first-order chi connectivity index (χ1) is 9.43. The molecule has 0 aliphatic heterocycles. The van der Waals surface area contributed by atoms with Gasteiger partial charge in [-0.25, -0.2) is 9.59 Å². The molecule has 4 heteroatoms. The van der Waals surface area contributed by atoms with Gasteiger partial charge in [-0.2, -0.15) is 0 Å². The van der Waals surface area contributed by atoms with E-state index >= 15 is 0 Å². The van der Waals surface area contributed by atoms with Gasteiger partial charge in [0.15, 0.2) is 0 Å². The van der Waals surface area contributed by atoms with Gasteiger partial charge in [0.25, 0.3) is 0 Å². The Bertz CT molecular complexity index is 699. The van der Waals surface area contributed by atoms with Crippen LogP contribution in [0.4, 0.5) is 0 Å². The topological polar surface area (TPSA) is 67.5 Å². The number of fused-ring (bicyclic) bond motifs is 1. The van der Waals surface area contributed by atoms with E-state index in [2.05, 4.69) is 20.8 Å². The van der Waals surface area contributed by atoms with Crippen molar-refractivity contribution < 1.29 is 14.3 Å². The van der Waals surface area contributed by atoms with E-state index in [1.54, 1.807) is 6.07 Å². The van der Waals surface area contributed by atoms with Crippen LogP contribution in [0, 0.1) is 5.92 Å². The number of carboxylic acid groups (broad SMARTS) is 1. The van der Waals surface area contributed by atoms with E-state index in [1.165, 1.54) is 6.07 Å². The van der Waals surface area contributed by atoms with Crippen molar-refractivity contribution in [1.82, 2.24) is 0 Å². The molecule has 1 heterocycles. The fourth-order valence-corrected chi connectivity index (χ4v) is 2.24. The molecule has 106 valence electrons. The van der Waals surface area contributed by atoms with Crippen LogP contribution in [0.3, 0.4) is 0 Å². The number of carboxylic acids is 1. The number of carbonyl (C=O) groups is 1. The average Bonchev–Trinajstić information content (AvgIpc) is 2.43. The van der Waals surface area contributed by atoms with E-state index in [0.717, 1.165) is 12.0 Å². The molecule has 0 aliphatic carbocycles. The minimum atomic E-state index is -1.27. The number of benzene rings is 1. The first-order valence-electron chi connectivity index (χ1n) is 6.75. The average molecular weight is 274 g/mol. The third-order valence-electron chi connectivity index (χ3n) is 4.01. The third kappa shape index (κ3) is 2.59. The second-order valence-corrected chi connectivity index (χ2v) is 5.22. The summed E-state index contributed by atoms with van der Waals surface area (Å²) >= 11 is 0. The maximum atomic E-state index is 11.6. The van der Waals surface area contributed by atoms with Crippen molar-refractivity contribution in [3.8, 4) is 0 Å². The predicted molar refractivity (Wildman–Crippen MR) is 77.3 cm³/mol. The fraction of sp³-hybridized carbons (Fsp3) is 0.375. The highest BCUT2D eigenvalue weighted by Crippen LogP contribution is 2.28. The fourth-order valence-electron chi connectivity index (χ4n) is 2.24. The molecule has 2 atom stereocenters. The Labute approximate surface area is 117 Å². The monoisotopic (exact) mass is 274 g/mol. The molecule has 0 saturated carbocycles. The number of hydrogen-bond acceptors (Lipinski definition) is 3. The highest BCUT2D eigenvalue weighted by molar-refractivity contribution is 5.91. The van der Waals surface area contributed by atoms with Crippen LogP contribution in [0.2, 0.25) is 0 Å². The van der Waals surface area contributed by atoms with Gasteiger partial charge in [-0.1, -0.05) is 39.3 Å². The first-order valence-corrected chi connectivity index (χ1v) is 6.75. The van der Waals surface area contributed by atoms with E-state index in [9.17, 15) is 9.59 Å². The van der Waals surface area contributed by atoms with Crippen molar-refractivity contribution in [3.05, 3.63) is 45.8 Å². The maximum absolute atomic E-state index is 11.6. The van der Waals surface area contributed by atoms with Gasteiger partial charge in [0.1, 0.15) is 11.1 Å². The third-order valence-corrected chi connectivity index (χ3v) is 4.01. The zero-order valence-corrected chi connectivity index (χ0v) is 11.8. The van der Waals surface area contributed by atoms with Gasteiger partial charge < -0.3 is 9.52 Å². The molecule has 2 unspecified atom stereocenters. The molecule has 0 bridgehead atoms. The molecule has 2 rings (SSSR count). The summed E-state index contributed by atoms with van der Waals surface area (Å²) in [5, 5.41) is 9.54. The molecule has 0 saturated heterocycles. The van der Waals surface area contributed by atoms with E-state index in [0.29, 0.717) is 22.8 Å². The van der Waals surface area contributed by atoms with E-state index < -0.39 is 11.6 Å². The highest BCUT2D eigenvalue weighted by atomic mass is 16.4. The summed E-state index contributed by atoms with van der Waals surface area (Å²) in [6.07, 6.45) is 1.07. The van der Waals surface area contributed by atoms with E-state index in [4.69, 9.17) is 9.52 Å². The lowest BCUT2D eigenvalue weighted by molar-refractivity contribution is 0.0692. The van der Waals surface area contributed by atoms with Crippen LogP contribution in [-0.2, 0) is 0 Å². The molecule has 4 nitrogen and oxygen atoms in total. The number of hydrogen-bond donors (Lipinski definition) is 1. The van der Waals surface area contributed by atoms with Gasteiger partial charge in [0.2, 0.25) is 0 Å². The number of rotatable bonds is 4. The smallest absolute Gasteiger partial charge is 0.351 e. The van der Waals surface area contributed by atoms with Crippen LogP contribution in [0.15, 0.2) is 33.5 Å². The maximum Gasteiger partial charge on any atom is 0.351 e. The minimum Gasteiger partial charge on any atom is -0.477 e. The Hall–Kier alpha value is -2.10. The molecule has 2 aromatic rings. The van der Waals surface area contributed by atoms with E-state index in [-0.39, 0.29) is 5.56 Å². The standard InChI is InChI=1S/C16H18O4/c1-4-9(2)10(3)11-5-6-12-7-13(15(17)18)16(19)20-14(12)8-11/h5-10H,4H2,1-3H3,(H,17,18). The summed E-state index contributed by atoms with van der Waals surface area (Å²) in [6.45, 7) is 6.46. The summed E-state index contributed by atoms with van der Waals surface area (Å²) in [5.74, 6) is -0.385. The van der Waals surface area contributed by atoms with Crippen LogP contribution in [-0.4, -0.2) is 11.1 Å². The first kappa shape index (κ1) is 14.3. The second-order valence-electron chi connectivity index (χ2n) is 5.22. The predicted octanol–water partition coefficient (Wildman–Crippen LogP) is 3.64. The Balaban J connectivity index is 2.53. The molecule has 1 aromatic carbocycles. The summed E-state index contributed by atoms with van der Waals surface area (Å²) < 4.78 is 5.12. The molecule has 0 radical (unpaired) electrons. The molecule has 0 spiro atoms. The van der Waals surface area contributed by atoms with Crippen LogP contribution >= 0.6 is 0 Å². The SMILES string of the molecule is CCC(C)C(C)c1ccc2cc(C(=O)O)c(=O)oc2c1. The molecule has 0 aliphatic rings. The lowest BCUT2D eigenvalue weighted by Gasteiger charge is -2.18. The van der Waals surface area contributed by atoms with Crippen LogP contribution in [0.25, 0.3) is 11.0 Å². The summed E-state index contributed by atoms with van der Waals surface area (Å²) in [5.41, 5.74) is 0.393. The minimum absolute atomic E-state index is 0.333. The van der Waals surface area contributed by atoms with Crippen molar-refractivity contribution in [2.75, 3.05) is 0 Å². The van der Waals surface area contributed by atoms with Crippen LogP contribution in [0.1, 0.15) is 49.0 Å². The van der Waals surface area contributed by atoms with Crippen molar-refractivity contribution in [2.24, 2.45) is 5.92 Å². The van der Waals surface area contributed by atoms with Gasteiger partial charge in [-0.05, 0) is 29.5 Å². The van der Waals surface area contributed by atoms with Gasteiger partial charge >= 0.3 is 11.6 Å². The van der Waals surface area contributed by atoms with E-state index in [1.807, 2.05) is 12.1 Å². The molecule has 0 fully saturated rings. The van der Waals surface area contributed by atoms with Crippen LogP contribution < -0.4 is 5.63 Å². The molecule has 1 aromatic heterocycles. The molecule has 0 amide bonds. The molecular formula is C16H18O4. The van der Waals surface area contributed by atoms with Crippen molar-refractivity contribution in [3.63, 3.8) is 0 Å². The Morgan fingerprint density at radius 2 is 2.00 bits per heavy atom. The van der Waals surface area contributed by atoms with Crippen molar-refractivity contribution >= 4 is 16.9 Å². The molecular weight excluding hydrogens is 256 g/mol. The Morgan fingerprint density at radius 1 is 1.30 bits per heavy atom. The van der Waals surface area contributed by atoms with Crippen molar-refractivity contribution in [1.29, 1.82) is 0 Å². The largest absolute Gasteiger partial charge is 0.477 e. The van der Waals surface area contributed by atoms with Gasteiger partial charge in [0, 0.05) is 5.39 Å². The van der Waals surface area contributed by atoms with Gasteiger partial charge in [0.05, 0.1) is 0 Å². The summed E-state index contributed by atoms with van der Waals surface area (Å²) in [4.78, 5) is 22.5. The summed E-state index contributed by atoms with van der Waals surface area (Å²) in [7, 11) is 0. The Morgan fingerprint density at radius 3 is 2.60 bits per heavy atom. The second kappa shape index (κ2) is 5.49. The zero-order valence-electron chi connectivity index (χ0n) is 11.8.